The maximum Gasteiger partial charge on any atom is 0.242 e. The molecule has 0 aliphatic heterocycles. The summed E-state index contributed by atoms with van der Waals surface area (Å²) in [6.07, 6.45) is 6.71. The molecule has 1 saturated carbocycles. The molecule has 0 bridgehead atoms. The second kappa shape index (κ2) is 5.87. The summed E-state index contributed by atoms with van der Waals surface area (Å²) >= 11 is 5.82. The van der Waals surface area contributed by atoms with Gasteiger partial charge in [-0.25, -0.2) is 18.1 Å². The zero-order valence-electron chi connectivity index (χ0n) is 11.5. The molecule has 0 spiro atoms. The topological polar surface area (TPSA) is 85.1 Å². The maximum atomic E-state index is 12.3. The van der Waals surface area contributed by atoms with E-state index in [1.54, 1.807) is 0 Å². The lowest BCUT2D eigenvalue weighted by atomic mass is 9.84. The van der Waals surface area contributed by atoms with Crippen molar-refractivity contribution >= 4 is 27.4 Å². The number of halogens is 1. The van der Waals surface area contributed by atoms with E-state index in [1.165, 1.54) is 25.1 Å². The fourth-order valence-corrected chi connectivity index (χ4v) is 4.05. The lowest BCUT2D eigenvalue weighted by molar-refractivity contribution is 0.285. The molecule has 0 atom stereocenters. The lowest BCUT2D eigenvalue weighted by Gasteiger charge is -2.27. The molecule has 7 heteroatoms. The second-order valence-corrected chi connectivity index (χ2v) is 7.60. The van der Waals surface area contributed by atoms with Crippen LogP contribution >= 0.6 is 11.6 Å². The third kappa shape index (κ3) is 3.24. The van der Waals surface area contributed by atoms with Crippen LogP contribution < -0.4 is 10.5 Å². The van der Waals surface area contributed by atoms with Crippen molar-refractivity contribution in [2.24, 2.45) is 5.41 Å². The highest BCUT2D eigenvalue weighted by molar-refractivity contribution is 7.89. The number of nitrogen functional groups attached to an aromatic ring is 1. The monoisotopic (exact) mass is 317 g/mol. The summed E-state index contributed by atoms with van der Waals surface area (Å²) in [5, 5.41) is 0.152. The number of hydrogen-bond acceptors (Lipinski definition) is 4. The van der Waals surface area contributed by atoms with Crippen LogP contribution in [0.1, 0.15) is 39.0 Å². The minimum Gasteiger partial charge on any atom is -0.382 e. The molecule has 1 aliphatic carbocycles. The van der Waals surface area contributed by atoms with Crippen molar-refractivity contribution < 1.29 is 8.42 Å². The minimum absolute atomic E-state index is 0.0564. The summed E-state index contributed by atoms with van der Waals surface area (Å²) in [6.45, 7) is 2.58. The third-order valence-electron chi connectivity index (χ3n) is 4.21. The molecule has 0 radical (unpaired) electrons. The van der Waals surface area contributed by atoms with Gasteiger partial charge < -0.3 is 5.73 Å². The number of pyridine rings is 1. The van der Waals surface area contributed by atoms with Crippen molar-refractivity contribution in [3.8, 4) is 0 Å². The van der Waals surface area contributed by atoms with Gasteiger partial charge in [-0.05, 0) is 30.7 Å². The van der Waals surface area contributed by atoms with Crippen molar-refractivity contribution in [3.63, 3.8) is 0 Å². The molecule has 1 heterocycles. The van der Waals surface area contributed by atoms with Crippen molar-refractivity contribution in [2.45, 2.75) is 43.9 Å². The highest BCUT2D eigenvalue weighted by Gasteiger charge is 2.33. The van der Waals surface area contributed by atoms with Crippen LogP contribution in [0.3, 0.4) is 0 Å². The lowest BCUT2D eigenvalue weighted by Crippen LogP contribution is -2.35. The van der Waals surface area contributed by atoms with Gasteiger partial charge in [-0.15, -0.1) is 0 Å². The molecule has 1 aliphatic rings. The molecule has 1 fully saturated rings. The van der Waals surface area contributed by atoms with Crippen LogP contribution in [0.5, 0.6) is 0 Å². The molecule has 1 aromatic rings. The van der Waals surface area contributed by atoms with E-state index in [0.717, 1.165) is 19.3 Å². The fraction of sp³-hybridized carbons (Fsp3) is 0.615. The van der Waals surface area contributed by atoms with Gasteiger partial charge in [-0.2, -0.15) is 0 Å². The molecule has 20 heavy (non-hydrogen) atoms. The van der Waals surface area contributed by atoms with E-state index in [-0.39, 0.29) is 21.2 Å². The third-order valence-corrected chi connectivity index (χ3v) is 5.88. The Bertz CT molecular complexity index is 583. The second-order valence-electron chi connectivity index (χ2n) is 5.42. The normalized spacial score (nSPS) is 18.3. The van der Waals surface area contributed by atoms with Crippen LogP contribution in [0.4, 0.5) is 5.82 Å². The van der Waals surface area contributed by atoms with E-state index < -0.39 is 10.0 Å². The van der Waals surface area contributed by atoms with Crippen LogP contribution in [0.25, 0.3) is 0 Å². The number of nitrogens with one attached hydrogen (secondary N) is 1. The molecule has 1 aromatic heterocycles. The van der Waals surface area contributed by atoms with Crippen LogP contribution in [0.2, 0.25) is 5.02 Å². The predicted molar refractivity (Wildman–Crippen MR) is 80.0 cm³/mol. The standard InChI is InChI=1S/C13H20ClN3O2S/c1-2-13(5-3-4-6-13)9-17-20(18,19)10-7-11(14)12(15)16-8-10/h7-8,17H,2-6,9H2,1H3,(H2,15,16). The van der Waals surface area contributed by atoms with E-state index in [9.17, 15) is 8.42 Å². The van der Waals surface area contributed by atoms with E-state index >= 15 is 0 Å². The van der Waals surface area contributed by atoms with Crippen molar-refractivity contribution in [2.75, 3.05) is 12.3 Å². The molecule has 2 rings (SSSR count). The summed E-state index contributed by atoms with van der Waals surface area (Å²) in [7, 11) is -3.59. The zero-order chi connectivity index (χ0) is 14.8. The Balaban J connectivity index is 2.13. The first-order chi connectivity index (χ1) is 9.38. The van der Waals surface area contributed by atoms with Gasteiger partial charge in [0, 0.05) is 12.7 Å². The smallest absolute Gasteiger partial charge is 0.242 e. The SMILES string of the molecule is CCC1(CNS(=O)(=O)c2cnc(N)c(Cl)c2)CCCC1. The molecule has 112 valence electrons. The van der Waals surface area contributed by atoms with Gasteiger partial charge >= 0.3 is 0 Å². The number of hydrogen-bond donors (Lipinski definition) is 2. The van der Waals surface area contributed by atoms with E-state index in [4.69, 9.17) is 17.3 Å². The molecule has 0 unspecified atom stereocenters. The van der Waals surface area contributed by atoms with Crippen LogP contribution in [0.15, 0.2) is 17.2 Å². The average Bonchev–Trinajstić information content (AvgIpc) is 2.89. The summed E-state index contributed by atoms with van der Waals surface area (Å²) in [4.78, 5) is 3.85. The number of rotatable bonds is 5. The van der Waals surface area contributed by atoms with E-state index in [1.807, 2.05) is 0 Å². The molecule has 3 N–H and O–H groups in total. The molecular formula is C13H20ClN3O2S. The number of sulfonamides is 1. The van der Waals surface area contributed by atoms with Crippen LogP contribution in [-0.2, 0) is 10.0 Å². The van der Waals surface area contributed by atoms with Gasteiger partial charge in [-0.1, -0.05) is 31.4 Å². The van der Waals surface area contributed by atoms with Crippen molar-refractivity contribution in [1.29, 1.82) is 0 Å². The number of nitrogens with zero attached hydrogens (tertiary/aromatic N) is 1. The average molecular weight is 318 g/mol. The van der Waals surface area contributed by atoms with Gasteiger partial charge in [0.2, 0.25) is 10.0 Å². The first-order valence-electron chi connectivity index (χ1n) is 6.79. The Morgan fingerprint density at radius 3 is 2.65 bits per heavy atom. The van der Waals surface area contributed by atoms with Gasteiger partial charge in [-0.3, -0.25) is 0 Å². The molecule has 0 amide bonds. The van der Waals surface area contributed by atoms with Crippen LogP contribution in [-0.4, -0.2) is 19.9 Å². The Labute approximate surface area is 125 Å². The first-order valence-corrected chi connectivity index (χ1v) is 8.65. The Morgan fingerprint density at radius 2 is 2.10 bits per heavy atom. The zero-order valence-corrected chi connectivity index (χ0v) is 13.1. The number of nitrogens with two attached hydrogens (primary N) is 1. The quantitative estimate of drug-likeness (QED) is 0.874. The summed E-state index contributed by atoms with van der Waals surface area (Å²) in [5.41, 5.74) is 5.59. The summed E-state index contributed by atoms with van der Waals surface area (Å²) in [6, 6.07) is 1.33. The summed E-state index contributed by atoms with van der Waals surface area (Å²) in [5.74, 6) is 0.131. The molecular weight excluding hydrogens is 298 g/mol. The van der Waals surface area contributed by atoms with Crippen LogP contribution in [0, 0.1) is 5.41 Å². The van der Waals surface area contributed by atoms with E-state index in [0.29, 0.717) is 6.54 Å². The Hall–Kier alpha value is -0.850. The van der Waals surface area contributed by atoms with Gasteiger partial charge in [0.05, 0.1) is 5.02 Å². The number of anilines is 1. The fourth-order valence-electron chi connectivity index (χ4n) is 2.69. The predicted octanol–water partition coefficient (Wildman–Crippen LogP) is 2.57. The first kappa shape index (κ1) is 15.5. The van der Waals surface area contributed by atoms with Crippen molar-refractivity contribution in [1.82, 2.24) is 9.71 Å². The number of aromatic nitrogens is 1. The van der Waals surface area contributed by atoms with Gasteiger partial charge in [0.1, 0.15) is 10.7 Å². The van der Waals surface area contributed by atoms with E-state index in [2.05, 4.69) is 16.6 Å². The van der Waals surface area contributed by atoms with Gasteiger partial charge in [0.15, 0.2) is 0 Å². The van der Waals surface area contributed by atoms with Gasteiger partial charge in [0.25, 0.3) is 0 Å². The molecule has 0 aromatic carbocycles. The maximum absolute atomic E-state index is 12.3. The van der Waals surface area contributed by atoms with Crippen molar-refractivity contribution in [3.05, 3.63) is 17.3 Å². The highest BCUT2D eigenvalue weighted by atomic mass is 35.5. The molecule has 5 nitrogen and oxygen atoms in total. The minimum atomic E-state index is -3.59. The molecule has 0 saturated heterocycles. The largest absolute Gasteiger partial charge is 0.382 e. The highest BCUT2D eigenvalue weighted by Crippen LogP contribution is 2.40. The summed E-state index contributed by atoms with van der Waals surface area (Å²) < 4.78 is 27.2. The Morgan fingerprint density at radius 1 is 1.45 bits per heavy atom. The Kier molecular flexibility index (Phi) is 4.56.